The average Bonchev–Trinajstić information content (AvgIpc) is 2.73. The van der Waals surface area contributed by atoms with Gasteiger partial charge in [-0.3, -0.25) is 14.4 Å². The molecule has 1 fully saturated rings. The molecule has 2 amide bonds. The molecule has 18 heavy (non-hydrogen) atoms. The summed E-state index contributed by atoms with van der Waals surface area (Å²) < 4.78 is 0. The summed E-state index contributed by atoms with van der Waals surface area (Å²) >= 11 is 0. The third-order valence-corrected chi connectivity index (χ3v) is 2.88. The topological polar surface area (TPSA) is 86.7 Å². The zero-order valence-corrected chi connectivity index (χ0v) is 9.50. The third-order valence-electron chi connectivity index (χ3n) is 2.88. The lowest BCUT2D eigenvalue weighted by atomic mass is 10.1. The highest BCUT2D eigenvalue weighted by Gasteiger charge is 2.34. The van der Waals surface area contributed by atoms with E-state index in [9.17, 15) is 14.4 Å². The van der Waals surface area contributed by atoms with Gasteiger partial charge in [-0.1, -0.05) is 0 Å². The molecule has 1 unspecified atom stereocenters. The fourth-order valence-electron chi connectivity index (χ4n) is 1.93. The van der Waals surface area contributed by atoms with E-state index in [1.165, 1.54) is 4.90 Å². The molecule has 1 atom stereocenters. The van der Waals surface area contributed by atoms with E-state index in [2.05, 4.69) is 5.32 Å². The first kappa shape index (κ1) is 12.1. The lowest BCUT2D eigenvalue weighted by molar-refractivity contribution is -0.141. The Kier molecular flexibility index (Phi) is 3.27. The maximum atomic E-state index is 11.7. The van der Waals surface area contributed by atoms with Gasteiger partial charge in [0.2, 0.25) is 12.3 Å². The fraction of sp³-hybridized carbons (Fsp3) is 0.250. The molecule has 0 aromatic heterocycles. The molecule has 0 spiro atoms. The summed E-state index contributed by atoms with van der Waals surface area (Å²) in [6, 6.07) is 6.66. The molecule has 0 aliphatic carbocycles. The lowest BCUT2D eigenvalue weighted by Gasteiger charge is -2.16. The summed E-state index contributed by atoms with van der Waals surface area (Å²) in [4.78, 5) is 34.2. The molecule has 6 heteroatoms. The van der Waals surface area contributed by atoms with Gasteiger partial charge in [-0.2, -0.15) is 0 Å². The maximum Gasteiger partial charge on any atom is 0.308 e. The number of amides is 2. The molecule has 1 heterocycles. The van der Waals surface area contributed by atoms with E-state index in [-0.39, 0.29) is 18.9 Å². The molecule has 2 N–H and O–H groups in total. The highest BCUT2D eigenvalue weighted by molar-refractivity contribution is 5.99. The van der Waals surface area contributed by atoms with Crippen LogP contribution in [-0.2, 0) is 14.4 Å². The molecule has 1 saturated heterocycles. The molecule has 94 valence electrons. The number of anilines is 2. The molecule has 0 radical (unpaired) electrons. The third kappa shape index (κ3) is 2.32. The summed E-state index contributed by atoms with van der Waals surface area (Å²) in [6.45, 7) is 0.189. The summed E-state index contributed by atoms with van der Waals surface area (Å²) in [5.41, 5.74) is 1.26. The van der Waals surface area contributed by atoms with Gasteiger partial charge >= 0.3 is 5.97 Å². The number of carboxylic acids is 1. The molecule has 1 aliphatic rings. The van der Waals surface area contributed by atoms with Gasteiger partial charge in [-0.15, -0.1) is 0 Å². The number of rotatable bonds is 4. The van der Waals surface area contributed by atoms with Gasteiger partial charge in [0, 0.05) is 24.3 Å². The number of carboxylic acid groups (broad SMARTS) is 1. The monoisotopic (exact) mass is 248 g/mol. The van der Waals surface area contributed by atoms with Crippen molar-refractivity contribution in [2.24, 2.45) is 5.92 Å². The van der Waals surface area contributed by atoms with Crippen LogP contribution in [0.3, 0.4) is 0 Å². The van der Waals surface area contributed by atoms with Gasteiger partial charge in [0.1, 0.15) is 0 Å². The predicted octanol–water partition coefficient (Wildman–Crippen LogP) is 0.692. The van der Waals surface area contributed by atoms with E-state index in [0.717, 1.165) is 0 Å². The molecule has 6 nitrogen and oxygen atoms in total. The Morgan fingerprint density at radius 1 is 1.39 bits per heavy atom. The number of carbonyl (C=O) groups excluding carboxylic acids is 2. The number of carbonyl (C=O) groups is 3. The van der Waals surface area contributed by atoms with Crippen LogP contribution >= 0.6 is 0 Å². The van der Waals surface area contributed by atoms with Crippen LogP contribution in [0.4, 0.5) is 11.4 Å². The molecule has 0 saturated carbocycles. The van der Waals surface area contributed by atoms with Crippen molar-refractivity contribution in [3.8, 4) is 0 Å². The Hall–Kier alpha value is -2.37. The molecular formula is C12H12N2O4. The summed E-state index contributed by atoms with van der Waals surface area (Å²) in [6.07, 6.45) is 0.597. The van der Waals surface area contributed by atoms with Crippen LogP contribution in [0.2, 0.25) is 0 Å². The molecule has 1 aromatic rings. The molecule has 0 bridgehead atoms. The Labute approximate surface area is 103 Å². The van der Waals surface area contributed by atoms with Gasteiger partial charge in [0.05, 0.1) is 5.92 Å². The van der Waals surface area contributed by atoms with E-state index in [4.69, 9.17) is 5.11 Å². The van der Waals surface area contributed by atoms with Crippen molar-refractivity contribution in [1.82, 2.24) is 0 Å². The number of aliphatic carboxylic acids is 1. The van der Waals surface area contributed by atoms with Crippen LogP contribution in [0.15, 0.2) is 24.3 Å². The van der Waals surface area contributed by atoms with Crippen LogP contribution < -0.4 is 10.2 Å². The number of benzene rings is 1. The average molecular weight is 248 g/mol. The first-order chi connectivity index (χ1) is 8.61. The molecule has 1 aliphatic heterocycles. The first-order valence-corrected chi connectivity index (χ1v) is 5.45. The van der Waals surface area contributed by atoms with E-state index < -0.39 is 11.9 Å². The second kappa shape index (κ2) is 4.87. The van der Waals surface area contributed by atoms with Gasteiger partial charge in [0.15, 0.2) is 0 Å². The minimum atomic E-state index is -0.954. The van der Waals surface area contributed by atoms with Crippen LogP contribution in [0.5, 0.6) is 0 Å². The zero-order valence-electron chi connectivity index (χ0n) is 9.50. The van der Waals surface area contributed by atoms with Crippen molar-refractivity contribution in [1.29, 1.82) is 0 Å². The summed E-state index contributed by atoms with van der Waals surface area (Å²) in [5, 5.41) is 11.4. The largest absolute Gasteiger partial charge is 0.481 e. The Balaban J connectivity index is 2.14. The lowest BCUT2D eigenvalue weighted by Crippen LogP contribution is -2.25. The number of hydrogen-bond acceptors (Lipinski definition) is 3. The zero-order chi connectivity index (χ0) is 13.1. The summed E-state index contributed by atoms with van der Waals surface area (Å²) in [5.74, 6) is -1.80. The highest BCUT2D eigenvalue weighted by Crippen LogP contribution is 2.26. The minimum Gasteiger partial charge on any atom is -0.481 e. The normalized spacial score (nSPS) is 18.8. The number of nitrogens with zero attached hydrogens (tertiary/aromatic N) is 1. The van der Waals surface area contributed by atoms with Crippen molar-refractivity contribution in [3.05, 3.63) is 24.3 Å². The van der Waals surface area contributed by atoms with Crippen molar-refractivity contribution in [2.45, 2.75) is 6.42 Å². The Bertz CT molecular complexity index is 483. The minimum absolute atomic E-state index is 0.0314. The molecule has 1 aromatic carbocycles. The smallest absolute Gasteiger partial charge is 0.308 e. The van der Waals surface area contributed by atoms with Crippen molar-refractivity contribution in [2.75, 3.05) is 16.8 Å². The van der Waals surface area contributed by atoms with Crippen LogP contribution in [0.25, 0.3) is 0 Å². The van der Waals surface area contributed by atoms with Gasteiger partial charge in [-0.25, -0.2) is 0 Å². The Morgan fingerprint density at radius 2 is 2.06 bits per heavy atom. The van der Waals surface area contributed by atoms with Gasteiger partial charge < -0.3 is 15.3 Å². The Morgan fingerprint density at radius 3 is 2.56 bits per heavy atom. The first-order valence-electron chi connectivity index (χ1n) is 5.45. The highest BCUT2D eigenvalue weighted by atomic mass is 16.4. The predicted molar refractivity (Wildman–Crippen MR) is 64.2 cm³/mol. The quantitative estimate of drug-likeness (QED) is 0.767. The van der Waals surface area contributed by atoms with Gasteiger partial charge in [-0.05, 0) is 24.3 Å². The van der Waals surface area contributed by atoms with E-state index in [0.29, 0.717) is 17.8 Å². The second-order valence-corrected chi connectivity index (χ2v) is 4.05. The SMILES string of the molecule is O=CNc1ccc(N2CC(C(=O)O)CC2=O)cc1. The summed E-state index contributed by atoms with van der Waals surface area (Å²) in [7, 11) is 0. The fourth-order valence-corrected chi connectivity index (χ4v) is 1.93. The van der Waals surface area contributed by atoms with Crippen LogP contribution in [0, 0.1) is 5.92 Å². The van der Waals surface area contributed by atoms with Gasteiger partial charge in [0.25, 0.3) is 0 Å². The number of nitrogens with one attached hydrogen (secondary N) is 1. The second-order valence-electron chi connectivity index (χ2n) is 4.05. The maximum absolute atomic E-state index is 11.7. The van der Waals surface area contributed by atoms with E-state index in [1.807, 2.05) is 0 Å². The standard InChI is InChI=1S/C12H12N2O4/c15-7-13-9-1-3-10(4-2-9)14-6-8(12(17)18)5-11(14)16/h1-4,7-8H,5-6H2,(H,13,15)(H,17,18). The van der Waals surface area contributed by atoms with Crippen LogP contribution in [0.1, 0.15) is 6.42 Å². The molecule has 2 rings (SSSR count). The van der Waals surface area contributed by atoms with E-state index in [1.54, 1.807) is 24.3 Å². The van der Waals surface area contributed by atoms with E-state index >= 15 is 0 Å². The van der Waals surface area contributed by atoms with Crippen molar-refractivity contribution >= 4 is 29.7 Å². The van der Waals surface area contributed by atoms with Crippen LogP contribution in [-0.4, -0.2) is 29.9 Å². The molecular weight excluding hydrogens is 236 g/mol. The number of hydrogen-bond donors (Lipinski definition) is 2. The van der Waals surface area contributed by atoms with Crippen molar-refractivity contribution < 1.29 is 19.5 Å². The van der Waals surface area contributed by atoms with Crippen molar-refractivity contribution in [3.63, 3.8) is 0 Å².